The maximum absolute atomic E-state index is 15.5. The molecule has 0 unspecified atom stereocenters. The number of halogens is 2. The molecule has 3 atom stereocenters. The van der Waals surface area contributed by atoms with E-state index in [2.05, 4.69) is 9.88 Å². The summed E-state index contributed by atoms with van der Waals surface area (Å²) >= 11 is 0. The van der Waals surface area contributed by atoms with Crippen molar-refractivity contribution in [2.75, 3.05) is 24.6 Å². The fraction of sp³-hybridized carbons (Fsp3) is 0.471. The number of hydrogen-bond acceptors (Lipinski definition) is 6. The van der Waals surface area contributed by atoms with Gasteiger partial charge in [0.15, 0.2) is 0 Å². The summed E-state index contributed by atoms with van der Waals surface area (Å²) in [6, 6.07) is 10.2. The first-order chi connectivity index (χ1) is 20.0. The maximum atomic E-state index is 15.5. The first-order valence-corrected chi connectivity index (χ1v) is 14.9. The van der Waals surface area contributed by atoms with Crippen LogP contribution in [0.2, 0.25) is 0 Å². The molecule has 6 nitrogen and oxygen atoms in total. The lowest BCUT2D eigenvalue weighted by Crippen LogP contribution is -2.41. The number of ether oxygens (including phenoxy) is 2. The zero-order valence-electron chi connectivity index (χ0n) is 24.6. The van der Waals surface area contributed by atoms with Gasteiger partial charge in [0.25, 0.3) is 0 Å². The SMILES string of the molecule is CCOC(=O)[C@H]1[C@@H]2Cc3cc(OCc4cc(-c5ccc(N6CCC(C(C)(C)O)CC6)cc5F)c(C)cc4F)ncc3[C@@H]21. The van der Waals surface area contributed by atoms with Crippen LogP contribution in [0.5, 0.6) is 5.88 Å². The molecule has 2 aromatic carbocycles. The highest BCUT2D eigenvalue weighted by molar-refractivity contribution is 5.79. The number of carbonyl (C=O) groups is 1. The Morgan fingerprint density at radius 1 is 1.10 bits per heavy atom. The van der Waals surface area contributed by atoms with E-state index >= 15 is 4.39 Å². The van der Waals surface area contributed by atoms with Gasteiger partial charge in [0.1, 0.15) is 18.2 Å². The lowest BCUT2D eigenvalue weighted by Gasteiger charge is -2.38. The van der Waals surface area contributed by atoms with Crippen LogP contribution in [-0.4, -0.2) is 41.4 Å². The molecule has 2 aliphatic carbocycles. The molecular weight excluding hydrogens is 538 g/mol. The first-order valence-electron chi connectivity index (χ1n) is 14.9. The molecular formula is C34H38F2N2O4. The molecule has 1 saturated heterocycles. The second-order valence-electron chi connectivity index (χ2n) is 12.5. The molecule has 222 valence electrons. The zero-order valence-corrected chi connectivity index (χ0v) is 24.6. The van der Waals surface area contributed by atoms with E-state index in [1.807, 2.05) is 32.9 Å². The highest BCUT2D eigenvalue weighted by atomic mass is 19.1. The molecule has 3 aliphatic rings. The Bertz CT molecular complexity index is 1510. The highest BCUT2D eigenvalue weighted by Crippen LogP contribution is 2.61. The molecule has 0 radical (unpaired) electrons. The van der Waals surface area contributed by atoms with Crippen molar-refractivity contribution >= 4 is 11.7 Å². The average Bonchev–Trinajstić information content (AvgIpc) is 3.54. The molecule has 3 aromatic rings. The van der Waals surface area contributed by atoms with Crippen LogP contribution in [0, 0.1) is 36.3 Å². The van der Waals surface area contributed by atoms with Crippen LogP contribution in [0.1, 0.15) is 61.8 Å². The topological polar surface area (TPSA) is 71.9 Å². The number of carbonyl (C=O) groups excluding carboxylic acids is 1. The van der Waals surface area contributed by atoms with Gasteiger partial charge < -0.3 is 19.5 Å². The average molecular weight is 577 g/mol. The summed E-state index contributed by atoms with van der Waals surface area (Å²) in [5, 5.41) is 10.3. The normalized spacial score (nSPS) is 21.6. The van der Waals surface area contributed by atoms with Crippen LogP contribution < -0.4 is 9.64 Å². The van der Waals surface area contributed by atoms with Gasteiger partial charge >= 0.3 is 5.97 Å². The lowest BCUT2D eigenvalue weighted by molar-refractivity contribution is -0.145. The number of aryl methyl sites for hydroxylation is 1. The van der Waals surface area contributed by atoms with Crippen LogP contribution in [0.3, 0.4) is 0 Å². The van der Waals surface area contributed by atoms with Gasteiger partial charge in [0.05, 0.1) is 18.1 Å². The van der Waals surface area contributed by atoms with E-state index < -0.39 is 11.4 Å². The number of anilines is 1. The Kier molecular flexibility index (Phi) is 7.46. The third kappa shape index (κ3) is 5.37. The quantitative estimate of drug-likeness (QED) is 0.315. The number of pyridine rings is 1. The Morgan fingerprint density at radius 3 is 2.55 bits per heavy atom. The zero-order chi connectivity index (χ0) is 29.8. The number of fused-ring (bicyclic) bond motifs is 3. The van der Waals surface area contributed by atoms with Crippen LogP contribution in [0.25, 0.3) is 11.1 Å². The molecule has 1 N–H and O–H groups in total. The van der Waals surface area contributed by atoms with Gasteiger partial charge in [0.2, 0.25) is 5.88 Å². The summed E-state index contributed by atoms with van der Waals surface area (Å²) in [5.41, 5.74) is 4.25. The van der Waals surface area contributed by atoms with Crippen molar-refractivity contribution < 1.29 is 28.2 Å². The Balaban J connectivity index is 1.14. The molecule has 2 fully saturated rings. The van der Waals surface area contributed by atoms with Gasteiger partial charge in [-0.3, -0.25) is 4.79 Å². The number of aromatic nitrogens is 1. The van der Waals surface area contributed by atoms with Crippen molar-refractivity contribution in [2.24, 2.45) is 17.8 Å². The van der Waals surface area contributed by atoms with Crippen molar-refractivity contribution in [3.63, 3.8) is 0 Å². The molecule has 6 rings (SSSR count). The van der Waals surface area contributed by atoms with Crippen LogP contribution >= 0.6 is 0 Å². The second-order valence-corrected chi connectivity index (χ2v) is 12.5. The standard InChI is InChI=1S/C34H38F2N2O4/c1-5-41-33(39)32-26-13-20-15-30(37-17-27(20)31(26)32)42-18-21-14-25(19(2)12-28(21)35)24-7-6-23(16-29(24)36)38-10-8-22(9-11-38)34(3,4)40/h6-7,12,14-17,22,26,31-32,40H,5,8-11,13,18H2,1-4H3/t26-,31-,32+/m1/s1. The molecule has 0 amide bonds. The Morgan fingerprint density at radius 2 is 1.86 bits per heavy atom. The first kappa shape index (κ1) is 28.6. The minimum Gasteiger partial charge on any atom is -0.473 e. The van der Waals surface area contributed by atoms with Gasteiger partial charge in [-0.25, -0.2) is 13.8 Å². The fourth-order valence-corrected chi connectivity index (χ4v) is 6.94. The number of benzene rings is 2. The second kappa shape index (κ2) is 11.0. The predicted octanol–water partition coefficient (Wildman–Crippen LogP) is 6.35. The number of nitrogens with zero attached hydrogens (tertiary/aromatic N) is 2. The third-order valence-corrected chi connectivity index (χ3v) is 9.41. The highest BCUT2D eigenvalue weighted by Gasteiger charge is 2.60. The predicted molar refractivity (Wildman–Crippen MR) is 156 cm³/mol. The molecule has 1 saturated carbocycles. The summed E-state index contributed by atoms with van der Waals surface area (Å²) in [6.07, 6.45) is 4.23. The van der Waals surface area contributed by atoms with E-state index in [9.17, 15) is 14.3 Å². The molecule has 2 heterocycles. The summed E-state index contributed by atoms with van der Waals surface area (Å²) in [6.45, 7) is 9.13. The minimum absolute atomic E-state index is 0.0426. The van der Waals surface area contributed by atoms with E-state index in [0.29, 0.717) is 34.7 Å². The van der Waals surface area contributed by atoms with Crippen molar-refractivity contribution in [3.05, 3.63) is 76.5 Å². The number of aliphatic hydroxyl groups is 1. The van der Waals surface area contributed by atoms with Gasteiger partial charge in [0, 0.05) is 48.1 Å². The number of hydrogen-bond donors (Lipinski definition) is 1. The summed E-state index contributed by atoms with van der Waals surface area (Å²) in [5.74, 6) is 0.0529. The molecule has 42 heavy (non-hydrogen) atoms. The van der Waals surface area contributed by atoms with E-state index in [1.54, 1.807) is 31.3 Å². The summed E-state index contributed by atoms with van der Waals surface area (Å²) in [4.78, 5) is 18.7. The van der Waals surface area contributed by atoms with Crippen molar-refractivity contribution in [2.45, 2.75) is 65.1 Å². The van der Waals surface area contributed by atoms with Gasteiger partial charge in [-0.2, -0.15) is 0 Å². The van der Waals surface area contributed by atoms with E-state index in [0.717, 1.165) is 49.2 Å². The van der Waals surface area contributed by atoms with Crippen LogP contribution in [0.4, 0.5) is 14.5 Å². The summed E-state index contributed by atoms with van der Waals surface area (Å²) in [7, 11) is 0. The molecule has 0 spiro atoms. The van der Waals surface area contributed by atoms with E-state index in [-0.39, 0.29) is 42.1 Å². The Labute approximate surface area is 245 Å². The summed E-state index contributed by atoms with van der Waals surface area (Å²) < 4.78 is 41.5. The maximum Gasteiger partial charge on any atom is 0.309 e. The molecule has 8 heteroatoms. The smallest absolute Gasteiger partial charge is 0.309 e. The largest absolute Gasteiger partial charge is 0.473 e. The molecule has 1 aromatic heterocycles. The monoisotopic (exact) mass is 576 g/mol. The van der Waals surface area contributed by atoms with Gasteiger partial charge in [-0.1, -0.05) is 0 Å². The Hall–Kier alpha value is -3.52. The van der Waals surface area contributed by atoms with Gasteiger partial charge in [-0.05, 0) is 111 Å². The van der Waals surface area contributed by atoms with E-state index in [4.69, 9.17) is 9.47 Å². The van der Waals surface area contributed by atoms with E-state index in [1.165, 1.54) is 6.07 Å². The number of esters is 1. The van der Waals surface area contributed by atoms with Crippen molar-refractivity contribution in [1.29, 1.82) is 0 Å². The van der Waals surface area contributed by atoms with Gasteiger partial charge in [-0.15, -0.1) is 0 Å². The number of rotatable bonds is 8. The van der Waals surface area contributed by atoms with Crippen LogP contribution in [-0.2, 0) is 22.6 Å². The van der Waals surface area contributed by atoms with Crippen molar-refractivity contribution in [1.82, 2.24) is 4.98 Å². The number of piperidine rings is 1. The third-order valence-electron chi connectivity index (χ3n) is 9.41. The lowest BCUT2D eigenvalue weighted by atomic mass is 9.83. The molecule has 1 aliphatic heterocycles. The van der Waals surface area contributed by atoms with Crippen LogP contribution in [0.15, 0.2) is 42.6 Å². The van der Waals surface area contributed by atoms with Crippen molar-refractivity contribution in [3.8, 4) is 17.0 Å². The molecule has 0 bridgehead atoms. The fourth-order valence-electron chi connectivity index (χ4n) is 6.94. The minimum atomic E-state index is -0.714.